The SMILES string of the molecule is CCn1c(SCC(=O)Nc2cccc([N+](=O)[O-])c2)nnc1-c1ccc(C(C)(C)C)cc1. The van der Waals surface area contributed by atoms with E-state index in [2.05, 4.69) is 48.4 Å². The minimum atomic E-state index is -0.496. The van der Waals surface area contributed by atoms with Gasteiger partial charge < -0.3 is 9.88 Å². The number of amides is 1. The van der Waals surface area contributed by atoms with E-state index in [0.29, 0.717) is 17.4 Å². The second-order valence-corrected chi connectivity index (χ2v) is 8.96. The van der Waals surface area contributed by atoms with Crippen molar-refractivity contribution in [2.45, 2.75) is 44.8 Å². The van der Waals surface area contributed by atoms with Gasteiger partial charge in [-0.25, -0.2) is 0 Å². The van der Waals surface area contributed by atoms with Crippen LogP contribution >= 0.6 is 11.8 Å². The number of hydrogen-bond acceptors (Lipinski definition) is 6. The zero-order chi connectivity index (χ0) is 22.6. The number of rotatable bonds is 7. The zero-order valence-electron chi connectivity index (χ0n) is 18.0. The van der Waals surface area contributed by atoms with Gasteiger partial charge >= 0.3 is 0 Å². The molecule has 3 rings (SSSR count). The molecular formula is C22H25N5O3S. The van der Waals surface area contributed by atoms with Gasteiger partial charge in [0, 0.05) is 29.9 Å². The van der Waals surface area contributed by atoms with Crippen LogP contribution in [0.2, 0.25) is 0 Å². The quantitative estimate of drug-likeness (QED) is 0.319. The van der Waals surface area contributed by atoms with Gasteiger partial charge in [-0.2, -0.15) is 0 Å². The summed E-state index contributed by atoms with van der Waals surface area (Å²) < 4.78 is 1.97. The molecular weight excluding hydrogens is 414 g/mol. The number of carbonyl (C=O) groups is 1. The lowest BCUT2D eigenvalue weighted by Crippen LogP contribution is -2.14. The van der Waals surface area contributed by atoms with Crippen molar-refractivity contribution in [1.29, 1.82) is 0 Å². The maximum absolute atomic E-state index is 12.3. The number of nitro benzene ring substituents is 1. The highest BCUT2D eigenvalue weighted by molar-refractivity contribution is 7.99. The van der Waals surface area contributed by atoms with Crippen LogP contribution < -0.4 is 5.32 Å². The van der Waals surface area contributed by atoms with Crippen LogP contribution in [0.15, 0.2) is 53.7 Å². The fourth-order valence-electron chi connectivity index (χ4n) is 3.04. The molecule has 0 spiro atoms. The van der Waals surface area contributed by atoms with Crippen molar-refractivity contribution >= 4 is 29.0 Å². The van der Waals surface area contributed by atoms with Gasteiger partial charge in [-0.1, -0.05) is 62.9 Å². The molecule has 1 amide bonds. The summed E-state index contributed by atoms with van der Waals surface area (Å²) in [5, 5.41) is 22.8. The topological polar surface area (TPSA) is 103 Å². The Bertz CT molecular complexity index is 1090. The predicted molar refractivity (Wildman–Crippen MR) is 122 cm³/mol. The summed E-state index contributed by atoms with van der Waals surface area (Å²) in [6, 6.07) is 14.1. The van der Waals surface area contributed by atoms with E-state index < -0.39 is 4.92 Å². The Morgan fingerprint density at radius 2 is 1.87 bits per heavy atom. The Morgan fingerprint density at radius 3 is 2.48 bits per heavy atom. The van der Waals surface area contributed by atoms with Gasteiger partial charge in [0.1, 0.15) is 0 Å². The van der Waals surface area contributed by atoms with E-state index in [0.717, 1.165) is 11.4 Å². The first-order chi connectivity index (χ1) is 14.7. The van der Waals surface area contributed by atoms with Crippen LogP contribution in [0.1, 0.15) is 33.3 Å². The largest absolute Gasteiger partial charge is 0.325 e. The third-order valence-electron chi connectivity index (χ3n) is 4.72. The third kappa shape index (κ3) is 5.49. The molecule has 0 saturated carbocycles. The molecule has 0 saturated heterocycles. The van der Waals surface area contributed by atoms with E-state index in [4.69, 9.17) is 0 Å². The summed E-state index contributed by atoms with van der Waals surface area (Å²) in [7, 11) is 0. The van der Waals surface area contributed by atoms with Crippen LogP contribution in [0.3, 0.4) is 0 Å². The molecule has 162 valence electrons. The van der Waals surface area contributed by atoms with Gasteiger partial charge in [-0.3, -0.25) is 14.9 Å². The number of nitro groups is 1. The van der Waals surface area contributed by atoms with E-state index in [1.807, 2.05) is 23.6 Å². The van der Waals surface area contributed by atoms with E-state index >= 15 is 0 Å². The smallest absolute Gasteiger partial charge is 0.271 e. The van der Waals surface area contributed by atoms with Gasteiger partial charge in [-0.15, -0.1) is 10.2 Å². The van der Waals surface area contributed by atoms with Crippen molar-refractivity contribution in [3.63, 3.8) is 0 Å². The number of carbonyl (C=O) groups excluding carboxylic acids is 1. The molecule has 1 aromatic heterocycles. The predicted octanol–water partition coefficient (Wildman–Crippen LogP) is 4.90. The first-order valence-corrected chi connectivity index (χ1v) is 10.9. The highest BCUT2D eigenvalue weighted by atomic mass is 32.2. The van der Waals surface area contributed by atoms with Gasteiger partial charge in [0.15, 0.2) is 11.0 Å². The van der Waals surface area contributed by atoms with Crippen LogP contribution in [-0.4, -0.2) is 31.3 Å². The van der Waals surface area contributed by atoms with Crippen molar-refractivity contribution in [2.24, 2.45) is 0 Å². The molecule has 0 atom stereocenters. The Labute approximate surface area is 185 Å². The fraction of sp³-hybridized carbons (Fsp3) is 0.318. The second-order valence-electron chi connectivity index (χ2n) is 8.02. The van der Waals surface area contributed by atoms with Crippen LogP contribution in [0.4, 0.5) is 11.4 Å². The van der Waals surface area contributed by atoms with Crippen molar-refractivity contribution < 1.29 is 9.72 Å². The molecule has 9 heteroatoms. The maximum Gasteiger partial charge on any atom is 0.271 e. The molecule has 0 fully saturated rings. The van der Waals surface area contributed by atoms with Crippen molar-refractivity contribution in [3.8, 4) is 11.4 Å². The maximum atomic E-state index is 12.3. The van der Waals surface area contributed by atoms with Crippen LogP contribution in [0.25, 0.3) is 11.4 Å². The summed E-state index contributed by atoms with van der Waals surface area (Å²) in [5.41, 5.74) is 2.60. The monoisotopic (exact) mass is 439 g/mol. The van der Waals surface area contributed by atoms with Crippen molar-refractivity contribution in [1.82, 2.24) is 14.8 Å². The average molecular weight is 440 g/mol. The van der Waals surface area contributed by atoms with E-state index in [-0.39, 0.29) is 22.8 Å². The van der Waals surface area contributed by atoms with Crippen molar-refractivity contribution in [2.75, 3.05) is 11.1 Å². The molecule has 31 heavy (non-hydrogen) atoms. The molecule has 0 aliphatic heterocycles. The number of nitrogens with one attached hydrogen (secondary N) is 1. The Balaban J connectivity index is 1.69. The molecule has 0 unspecified atom stereocenters. The minimum Gasteiger partial charge on any atom is -0.325 e. The Morgan fingerprint density at radius 1 is 1.16 bits per heavy atom. The number of nitrogens with zero attached hydrogens (tertiary/aromatic N) is 4. The minimum absolute atomic E-state index is 0.0710. The molecule has 3 aromatic rings. The highest BCUT2D eigenvalue weighted by Gasteiger charge is 2.17. The lowest BCUT2D eigenvalue weighted by atomic mass is 9.87. The Hall–Kier alpha value is -3.20. The molecule has 0 aliphatic rings. The number of aromatic nitrogens is 3. The standard InChI is InChI=1S/C22H25N5O3S/c1-5-26-20(15-9-11-16(12-10-15)22(2,3)4)24-25-21(26)31-14-19(28)23-17-7-6-8-18(13-17)27(29)30/h6-13H,5,14H2,1-4H3,(H,23,28). The number of thioether (sulfide) groups is 1. The third-order valence-corrected chi connectivity index (χ3v) is 5.68. The fourth-order valence-corrected chi connectivity index (χ4v) is 3.84. The van der Waals surface area contributed by atoms with Crippen molar-refractivity contribution in [3.05, 3.63) is 64.2 Å². The second kappa shape index (κ2) is 9.30. The molecule has 0 bridgehead atoms. The number of non-ortho nitro benzene ring substituents is 1. The van der Waals surface area contributed by atoms with Gasteiger partial charge in [0.2, 0.25) is 5.91 Å². The number of anilines is 1. The lowest BCUT2D eigenvalue weighted by molar-refractivity contribution is -0.384. The molecule has 2 aromatic carbocycles. The first-order valence-electron chi connectivity index (χ1n) is 9.90. The first kappa shape index (κ1) is 22.5. The summed E-state index contributed by atoms with van der Waals surface area (Å²) >= 11 is 1.28. The van der Waals surface area contributed by atoms with Crippen LogP contribution in [-0.2, 0) is 16.8 Å². The van der Waals surface area contributed by atoms with E-state index in [1.165, 1.54) is 35.5 Å². The van der Waals surface area contributed by atoms with E-state index in [1.54, 1.807) is 6.07 Å². The van der Waals surface area contributed by atoms with Crippen LogP contribution in [0.5, 0.6) is 0 Å². The summed E-state index contributed by atoms with van der Waals surface area (Å²) in [6.45, 7) is 9.18. The number of hydrogen-bond donors (Lipinski definition) is 1. The molecule has 1 N–H and O–H groups in total. The van der Waals surface area contributed by atoms with Crippen LogP contribution in [0, 0.1) is 10.1 Å². The lowest BCUT2D eigenvalue weighted by Gasteiger charge is -2.19. The number of benzene rings is 2. The normalized spacial score (nSPS) is 11.4. The average Bonchev–Trinajstić information content (AvgIpc) is 3.15. The summed E-state index contributed by atoms with van der Waals surface area (Å²) in [6.07, 6.45) is 0. The van der Waals surface area contributed by atoms with Gasteiger partial charge in [0.05, 0.1) is 10.7 Å². The summed E-state index contributed by atoms with van der Waals surface area (Å²) in [4.78, 5) is 22.7. The molecule has 8 nitrogen and oxygen atoms in total. The molecule has 0 aliphatic carbocycles. The van der Waals surface area contributed by atoms with Gasteiger partial charge in [-0.05, 0) is 24.0 Å². The summed E-state index contributed by atoms with van der Waals surface area (Å²) in [5.74, 6) is 0.598. The zero-order valence-corrected chi connectivity index (χ0v) is 18.8. The highest BCUT2D eigenvalue weighted by Crippen LogP contribution is 2.28. The van der Waals surface area contributed by atoms with Gasteiger partial charge in [0.25, 0.3) is 5.69 Å². The van der Waals surface area contributed by atoms with E-state index in [9.17, 15) is 14.9 Å². The molecule has 1 heterocycles. The Kier molecular flexibility index (Phi) is 6.74. The molecule has 0 radical (unpaired) electrons.